The quantitative estimate of drug-likeness (QED) is 0.403. The first-order valence-corrected chi connectivity index (χ1v) is 9.30. The van der Waals surface area contributed by atoms with E-state index in [-0.39, 0.29) is 22.8 Å². The number of hydrogen-bond acceptors (Lipinski definition) is 3. The van der Waals surface area contributed by atoms with E-state index in [9.17, 15) is 18.4 Å². The van der Waals surface area contributed by atoms with Crippen LogP contribution in [0, 0.1) is 17.8 Å². The number of halogens is 2. The highest BCUT2D eigenvalue weighted by Crippen LogP contribution is 2.45. The van der Waals surface area contributed by atoms with Crippen LogP contribution in [-0.4, -0.2) is 18.2 Å². The van der Waals surface area contributed by atoms with E-state index in [0.717, 1.165) is 25.7 Å². The Balaban J connectivity index is 1.57. The summed E-state index contributed by atoms with van der Waals surface area (Å²) in [7, 11) is 0. The molecular weight excluding hydrogens is 362 g/mol. The summed E-state index contributed by atoms with van der Waals surface area (Å²) in [6, 6.07) is 10.9. The molecule has 5 heteroatoms. The highest BCUT2D eigenvalue weighted by molar-refractivity contribution is 6.49. The second kappa shape index (κ2) is 7.55. The van der Waals surface area contributed by atoms with Gasteiger partial charge in [-0.05, 0) is 67.5 Å². The minimum atomic E-state index is -2.93. The Bertz CT molecular complexity index is 992. The van der Waals surface area contributed by atoms with Crippen LogP contribution in [0.4, 0.5) is 8.78 Å². The molecule has 0 radical (unpaired) electrons. The van der Waals surface area contributed by atoms with Gasteiger partial charge in [0.1, 0.15) is 5.75 Å². The third kappa shape index (κ3) is 4.28. The third-order valence-electron chi connectivity index (χ3n) is 4.83. The number of ketones is 2. The Morgan fingerprint density at radius 3 is 2.32 bits per heavy atom. The molecule has 0 spiro atoms. The van der Waals surface area contributed by atoms with Gasteiger partial charge < -0.3 is 4.74 Å². The summed E-state index contributed by atoms with van der Waals surface area (Å²) in [5, 5.41) is 0. The van der Waals surface area contributed by atoms with Gasteiger partial charge in [0.05, 0.1) is 0 Å². The molecule has 2 aromatic carbocycles. The lowest BCUT2D eigenvalue weighted by molar-refractivity contribution is -0.0504. The smallest absolute Gasteiger partial charge is 0.387 e. The number of alkyl halides is 2. The SMILES string of the molecule is O=C(C(=O)c1ccc(OC(F)F)c(C2CC2)c1)c1cccc(C#CC2CC2)c1. The Labute approximate surface area is 161 Å². The molecule has 0 heterocycles. The second-order valence-corrected chi connectivity index (χ2v) is 7.19. The molecule has 0 bridgehead atoms. The summed E-state index contributed by atoms with van der Waals surface area (Å²) in [6.07, 6.45) is 3.93. The van der Waals surface area contributed by atoms with Crippen LogP contribution in [0.15, 0.2) is 42.5 Å². The molecule has 2 fully saturated rings. The normalized spacial score (nSPS) is 15.7. The van der Waals surface area contributed by atoms with Gasteiger partial charge in [-0.3, -0.25) is 9.59 Å². The van der Waals surface area contributed by atoms with Crippen LogP contribution in [0.25, 0.3) is 0 Å². The molecule has 0 atom stereocenters. The predicted molar refractivity (Wildman–Crippen MR) is 99.8 cm³/mol. The first kappa shape index (κ1) is 18.4. The largest absolute Gasteiger partial charge is 0.435 e. The number of ether oxygens (including phenoxy) is 1. The minimum absolute atomic E-state index is 0.0684. The molecule has 0 saturated heterocycles. The molecule has 3 nitrogen and oxygen atoms in total. The zero-order chi connectivity index (χ0) is 19.7. The van der Waals surface area contributed by atoms with Crippen molar-refractivity contribution in [2.24, 2.45) is 5.92 Å². The maximum atomic E-state index is 12.7. The lowest BCUT2D eigenvalue weighted by Gasteiger charge is -2.11. The van der Waals surface area contributed by atoms with Crippen molar-refractivity contribution < 1.29 is 23.1 Å². The Hall–Kier alpha value is -3.00. The fourth-order valence-electron chi connectivity index (χ4n) is 3.02. The summed E-state index contributed by atoms with van der Waals surface area (Å²) >= 11 is 0. The summed E-state index contributed by atoms with van der Waals surface area (Å²) < 4.78 is 29.7. The fraction of sp³-hybridized carbons (Fsp3) is 0.304. The van der Waals surface area contributed by atoms with Crippen molar-refractivity contribution in [3.8, 4) is 17.6 Å². The average molecular weight is 380 g/mol. The van der Waals surface area contributed by atoms with Gasteiger partial charge in [0, 0.05) is 22.6 Å². The third-order valence-corrected chi connectivity index (χ3v) is 4.83. The van der Waals surface area contributed by atoms with Gasteiger partial charge in [-0.1, -0.05) is 24.0 Å². The average Bonchev–Trinajstić information content (AvgIpc) is 3.59. The fourth-order valence-corrected chi connectivity index (χ4v) is 3.02. The molecule has 4 rings (SSSR count). The molecule has 0 unspecified atom stereocenters. The Morgan fingerprint density at radius 2 is 1.68 bits per heavy atom. The van der Waals surface area contributed by atoms with Gasteiger partial charge >= 0.3 is 6.61 Å². The highest BCUT2D eigenvalue weighted by atomic mass is 19.3. The minimum Gasteiger partial charge on any atom is -0.435 e. The van der Waals surface area contributed by atoms with E-state index in [0.29, 0.717) is 17.0 Å². The number of benzene rings is 2. The first-order valence-electron chi connectivity index (χ1n) is 9.30. The van der Waals surface area contributed by atoms with Crippen LogP contribution in [0.5, 0.6) is 5.75 Å². The molecular formula is C23H18F2O3. The number of hydrogen-bond donors (Lipinski definition) is 0. The highest BCUT2D eigenvalue weighted by Gasteiger charge is 2.29. The number of carbonyl (C=O) groups is 2. The number of Topliss-reactive ketones (excluding diaryl/α,β-unsaturated/α-hetero) is 2. The van der Waals surface area contributed by atoms with Crippen LogP contribution in [0.2, 0.25) is 0 Å². The second-order valence-electron chi connectivity index (χ2n) is 7.19. The lowest BCUT2D eigenvalue weighted by Crippen LogP contribution is -2.15. The van der Waals surface area contributed by atoms with Crippen molar-refractivity contribution in [3.05, 3.63) is 64.7 Å². The van der Waals surface area contributed by atoms with Crippen LogP contribution in [0.3, 0.4) is 0 Å². The number of carbonyl (C=O) groups excluding carboxylic acids is 2. The van der Waals surface area contributed by atoms with Crippen molar-refractivity contribution in [3.63, 3.8) is 0 Å². The van der Waals surface area contributed by atoms with Crippen molar-refractivity contribution in [1.29, 1.82) is 0 Å². The molecule has 2 saturated carbocycles. The van der Waals surface area contributed by atoms with Crippen molar-refractivity contribution >= 4 is 11.6 Å². The molecule has 2 aliphatic rings. The van der Waals surface area contributed by atoms with Gasteiger partial charge in [0.15, 0.2) is 0 Å². The molecule has 0 N–H and O–H groups in total. The van der Waals surface area contributed by atoms with E-state index >= 15 is 0 Å². The summed E-state index contributed by atoms with van der Waals surface area (Å²) in [6.45, 7) is -2.93. The van der Waals surface area contributed by atoms with Crippen molar-refractivity contribution in [1.82, 2.24) is 0 Å². The van der Waals surface area contributed by atoms with Gasteiger partial charge in [0.25, 0.3) is 0 Å². The zero-order valence-corrected chi connectivity index (χ0v) is 15.1. The first-order chi connectivity index (χ1) is 13.5. The standard InChI is InChI=1S/C23H18F2O3/c24-23(25)28-20-11-10-18(13-19(20)16-8-9-16)22(27)21(26)17-3-1-2-15(12-17)7-6-14-4-5-14/h1-3,10-14,16,23H,4-5,8-9H2. The molecule has 0 amide bonds. The Morgan fingerprint density at radius 1 is 0.964 bits per heavy atom. The lowest BCUT2D eigenvalue weighted by atomic mass is 9.97. The molecule has 0 aromatic heterocycles. The summed E-state index contributed by atoms with van der Waals surface area (Å²) in [5.74, 6) is 5.46. The van der Waals surface area contributed by atoms with Gasteiger partial charge in [-0.25, -0.2) is 0 Å². The van der Waals surface area contributed by atoms with Crippen LogP contribution in [0.1, 0.15) is 63.4 Å². The molecule has 142 valence electrons. The molecule has 2 aromatic rings. The van der Waals surface area contributed by atoms with E-state index in [1.165, 1.54) is 18.2 Å². The van der Waals surface area contributed by atoms with Gasteiger partial charge in [0.2, 0.25) is 11.6 Å². The van der Waals surface area contributed by atoms with E-state index in [1.807, 2.05) is 0 Å². The zero-order valence-electron chi connectivity index (χ0n) is 15.1. The van der Waals surface area contributed by atoms with E-state index < -0.39 is 18.2 Å². The van der Waals surface area contributed by atoms with Crippen molar-refractivity contribution in [2.45, 2.75) is 38.2 Å². The Kier molecular flexibility index (Phi) is 4.95. The van der Waals surface area contributed by atoms with Crippen LogP contribution in [-0.2, 0) is 0 Å². The van der Waals surface area contributed by atoms with Crippen LogP contribution >= 0.6 is 0 Å². The van der Waals surface area contributed by atoms with E-state index in [1.54, 1.807) is 24.3 Å². The monoisotopic (exact) mass is 380 g/mol. The maximum absolute atomic E-state index is 12.7. The van der Waals surface area contributed by atoms with Crippen molar-refractivity contribution in [2.75, 3.05) is 0 Å². The molecule has 28 heavy (non-hydrogen) atoms. The van der Waals surface area contributed by atoms with Gasteiger partial charge in [-0.2, -0.15) is 8.78 Å². The van der Waals surface area contributed by atoms with Crippen LogP contribution < -0.4 is 4.74 Å². The number of rotatable bonds is 6. The summed E-state index contributed by atoms with van der Waals surface area (Å²) in [4.78, 5) is 25.3. The van der Waals surface area contributed by atoms with E-state index in [2.05, 4.69) is 16.6 Å². The predicted octanol–water partition coefficient (Wildman–Crippen LogP) is 4.99. The topological polar surface area (TPSA) is 43.4 Å². The van der Waals surface area contributed by atoms with Gasteiger partial charge in [-0.15, -0.1) is 0 Å². The van der Waals surface area contributed by atoms with E-state index in [4.69, 9.17) is 0 Å². The summed E-state index contributed by atoms with van der Waals surface area (Å²) in [5.41, 5.74) is 1.71. The molecule has 0 aliphatic heterocycles. The maximum Gasteiger partial charge on any atom is 0.387 e. The molecule has 2 aliphatic carbocycles.